The van der Waals surface area contributed by atoms with Gasteiger partial charge >= 0.3 is 12.2 Å². The van der Waals surface area contributed by atoms with Crippen LogP contribution in [0.15, 0.2) is 110 Å². The molecule has 56 heavy (non-hydrogen) atoms. The van der Waals surface area contributed by atoms with E-state index in [9.17, 15) is 29.4 Å². The number of aliphatic hydroxyl groups excluding tert-OH is 2. The van der Waals surface area contributed by atoms with Crippen molar-refractivity contribution in [3.05, 3.63) is 132 Å². The molecule has 4 amide bonds. The number of aromatic nitrogens is 2. The second-order valence-electron chi connectivity index (χ2n) is 14.2. The minimum Gasteiger partial charge on any atom is -0.445 e. The van der Waals surface area contributed by atoms with Crippen LogP contribution >= 0.6 is 0 Å². The van der Waals surface area contributed by atoms with Crippen molar-refractivity contribution >= 4 is 24.0 Å². The molecule has 6 atom stereocenters. The van der Waals surface area contributed by atoms with Crippen LogP contribution in [0, 0.1) is 11.8 Å². The van der Waals surface area contributed by atoms with Crippen molar-refractivity contribution in [3.63, 3.8) is 0 Å². The number of pyridine rings is 2. The number of rotatable bonds is 19. The van der Waals surface area contributed by atoms with Gasteiger partial charge in [0.1, 0.15) is 37.5 Å². The average molecular weight is 769 g/mol. The number of nitrogens with one attached hydrogen (secondary N) is 4. The molecule has 0 spiro atoms. The Bertz CT molecular complexity index is 1670. The number of aliphatic hydroxyl groups is 2. The van der Waals surface area contributed by atoms with E-state index < -0.39 is 60.4 Å². The highest BCUT2D eigenvalue weighted by atomic mass is 16.6. The van der Waals surface area contributed by atoms with E-state index in [4.69, 9.17) is 9.47 Å². The Morgan fingerprint density at radius 3 is 1.18 bits per heavy atom. The van der Waals surface area contributed by atoms with E-state index in [0.29, 0.717) is 11.1 Å². The Balaban J connectivity index is 1.53. The SMILES string of the molecule is CC(C)[C@H](NC(=O)OCc1ccncc1)C(=O)N[C@@H](Cc1ccccc1)[C@@H](O)[C@H](O)[C@H](Cc1ccccc1)NC(=O)[C@@H](NC(=O)OCc1ccncc1)C(C)C. The van der Waals surface area contributed by atoms with Gasteiger partial charge in [-0.3, -0.25) is 19.6 Å². The number of amides is 4. The maximum Gasteiger partial charge on any atom is 0.408 e. The lowest BCUT2D eigenvalue weighted by molar-refractivity contribution is -0.129. The predicted molar refractivity (Wildman–Crippen MR) is 209 cm³/mol. The molecule has 0 radical (unpaired) electrons. The van der Waals surface area contributed by atoms with Crippen molar-refractivity contribution in [2.75, 3.05) is 0 Å². The number of ether oxygens (including phenoxy) is 2. The van der Waals surface area contributed by atoms with E-state index in [1.54, 1.807) is 76.7 Å². The Kier molecular flexibility index (Phi) is 16.8. The minimum atomic E-state index is -1.62. The highest BCUT2D eigenvalue weighted by Gasteiger charge is 2.37. The van der Waals surface area contributed by atoms with E-state index in [-0.39, 0.29) is 37.9 Å². The van der Waals surface area contributed by atoms with Gasteiger partial charge < -0.3 is 41.0 Å². The van der Waals surface area contributed by atoms with Gasteiger partial charge in [0.15, 0.2) is 0 Å². The Hall–Kier alpha value is -5.86. The fourth-order valence-electron chi connectivity index (χ4n) is 5.93. The third-order valence-electron chi connectivity index (χ3n) is 9.11. The normalized spacial score (nSPS) is 14.4. The number of hydrogen-bond donors (Lipinski definition) is 6. The topological polar surface area (TPSA) is 201 Å². The first-order valence-electron chi connectivity index (χ1n) is 18.6. The van der Waals surface area contributed by atoms with Crippen LogP contribution in [0.3, 0.4) is 0 Å². The summed E-state index contributed by atoms with van der Waals surface area (Å²) in [5, 5.41) is 34.8. The molecule has 2 aromatic heterocycles. The average Bonchev–Trinajstić information content (AvgIpc) is 3.20. The quantitative estimate of drug-likeness (QED) is 0.0814. The standard InChI is InChI=1S/C42H52N6O8/c1-27(2)35(47-41(53)55-25-31-15-19-43-20-16-31)39(51)45-33(23-29-11-7-5-8-12-29)37(49)38(50)34(24-30-13-9-6-10-14-30)46-40(52)36(28(3)4)48-42(54)56-26-32-17-21-44-22-18-32/h5-22,27-28,33-38,49-50H,23-26H2,1-4H3,(H,45,51)(H,46,52)(H,47,53)(H,48,54)/t33-,34-,35-,36-,37+,38+/m0/s1. The first kappa shape index (κ1) is 42.9. The molecule has 0 saturated heterocycles. The molecule has 14 heteroatoms. The minimum absolute atomic E-state index is 0.0309. The van der Waals surface area contributed by atoms with Gasteiger partial charge in [0.2, 0.25) is 11.8 Å². The van der Waals surface area contributed by atoms with Gasteiger partial charge in [-0.2, -0.15) is 0 Å². The molecule has 0 unspecified atom stereocenters. The maximum atomic E-state index is 13.9. The summed E-state index contributed by atoms with van der Waals surface area (Å²) in [7, 11) is 0. The van der Waals surface area contributed by atoms with E-state index in [1.807, 2.05) is 60.7 Å². The van der Waals surface area contributed by atoms with Crippen molar-refractivity contribution in [2.24, 2.45) is 11.8 Å². The smallest absolute Gasteiger partial charge is 0.408 e. The fraction of sp³-hybridized carbons (Fsp3) is 0.381. The fourth-order valence-corrected chi connectivity index (χ4v) is 5.93. The molecule has 14 nitrogen and oxygen atoms in total. The first-order valence-corrected chi connectivity index (χ1v) is 18.6. The van der Waals surface area contributed by atoms with Crippen LogP contribution in [0.5, 0.6) is 0 Å². The number of benzene rings is 2. The zero-order chi connectivity index (χ0) is 40.5. The highest BCUT2D eigenvalue weighted by Crippen LogP contribution is 2.17. The molecule has 0 bridgehead atoms. The number of nitrogens with zero attached hydrogens (tertiary/aromatic N) is 2. The summed E-state index contributed by atoms with van der Waals surface area (Å²) in [4.78, 5) is 61.2. The molecule has 0 aliphatic rings. The molecule has 298 valence electrons. The van der Waals surface area contributed by atoms with E-state index in [1.165, 1.54) is 0 Å². The lowest BCUT2D eigenvalue weighted by Gasteiger charge is -2.35. The van der Waals surface area contributed by atoms with Gasteiger partial charge in [-0.05, 0) is 71.2 Å². The van der Waals surface area contributed by atoms with Gasteiger partial charge in [-0.15, -0.1) is 0 Å². The van der Waals surface area contributed by atoms with Gasteiger partial charge in [-0.1, -0.05) is 88.4 Å². The molecule has 2 aromatic carbocycles. The van der Waals surface area contributed by atoms with Crippen molar-refractivity contribution in [3.8, 4) is 0 Å². The van der Waals surface area contributed by atoms with Gasteiger partial charge in [-0.25, -0.2) is 9.59 Å². The van der Waals surface area contributed by atoms with Crippen LogP contribution in [-0.2, 0) is 45.1 Å². The van der Waals surface area contributed by atoms with E-state index in [0.717, 1.165) is 11.1 Å². The van der Waals surface area contributed by atoms with Crippen molar-refractivity contribution in [1.29, 1.82) is 0 Å². The molecular weight excluding hydrogens is 716 g/mol. The second kappa shape index (κ2) is 21.9. The number of alkyl carbamates (subject to hydrolysis) is 2. The molecular formula is C42H52N6O8. The Morgan fingerprint density at radius 1 is 0.518 bits per heavy atom. The van der Waals surface area contributed by atoms with E-state index >= 15 is 0 Å². The molecule has 0 aliphatic heterocycles. The van der Waals surface area contributed by atoms with Crippen LogP contribution in [0.25, 0.3) is 0 Å². The van der Waals surface area contributed by atoms with Gasteiger partial charge in [0.05, 0.1) is 12.1 Å². The second-order valence-corrected chi connectivity index (χ2v) is 14.2. The van der Waals surface area contributed by atoms with Crippen LogP contribution in [0.4, 0.5) is 9.59 Å². The van der Waals surface area contributed by atoms with Crippen molar-refractivity contribution in [1.82, 2.24) is 31.2 Å². The number of carbonyl (C=O) groups excluding carboxylic acids is 4. The predicted octanol–water partition coefficient (Wildman–Crippen LogP) is 3.86. The third-order valence-corrected chi connectivity index (χ3v) is 9.11. The summed E-state index contributed by atoms with van der Waals surface area (Å²) >= 11 is 0. The summed E-state index contributed by atoms with van der Waals surface area (Å²) in [5.74, 6) is -1.98. The Morgan fingerprint density at radius 2 is 0.857 bits per heavy atom. The van der Waals surface area contributed by atoms with Crippen LogP contribution in [0.2, 0.25) is 0 Å². The molecule has 0 fully saturated rings. The monoisotopic (exact) mass is 768 g/mol. The Labute approximate surface area is 327 Å². The summed E-state index contributed by atoms with van der Waals surface area (Å²) in [6, 6.07) is 20.7. The van der Waals surface area contributed by atoms with Crippen LogP contribution in [0.1, 0.15) is 49.9 Å². The maximum absolute atomic E-state index is 13.9. The first-order chi connectivity index (χ1) is 26.9. The summed E-state index contributed by atoms with van der Waals surface area (Å²) < 4.78 is 10.7. The highest BCUT2D eigenvalue weighted by molar-refractivity contribution is 5.87. The van der Waals surface area contributed by atoms with E-state index in [2.05, 4.69) is 31.2 Å². The lowest BCUT2D eigenvalue weighted by atomic mass is 9.90. The number of carbonyl (C=O) groups is 4. The van der Waals surface area contributed by atoms with Crippen LogP contribution in [-0.4, -0.2) is 80.6 Å². The third kappa shape index (κ3) is 13.8. The zero-order valence-electron chi connectivity index (χ0n) is 32.1. The molecule has 0 aliphatic carbocycles. The van der Waals surface area contributed by atoms with Gasteiger partial charge in [0.25, 0.3) is 0 Å². The molecule has 6 N–H and O–H groups in total. The lowest BCUT2D eigenvalue weighted by Crippen LogP contribution is -2.61. The van der Waals surface area contributed by atoms with Crippen molar-refractivity contribution < 1.29 is 38.9 Å². The zero-order valence-corrected chi connectivity index (χ0v) is 32.1. The molecule has 4 aromatic rings. The van der Waals surface area contributed by atoms with Crippen molar-refractivity contribution in [2.45, 2.75) is 90.1 Å². The largest absolute Gasteiger partial charge is 0.445 e. The van der Waals surface area contributed by atoms with Gasteiger partial charge in [0, 0.05) is 24.8 Å². The molecule has 2 heterocycles. The molecule has 4 rings (SSSR count). The van der Waals surface area contributed by atoms with Crippen LogP contribution < -0.4 is 21.3 Å². The number of hydrogen-bond acceptors (Lipinski definition) is 10. The summed E-state index contributed by atoms with van der Waals surface area (Å²) in [6.07, 6.45) is 1.66. The summed E-state index contributed by atoms with van der Waals surface area (Å²) in [5.41, 5.74) is 2.95. The summed E-state index contributed by atoms with van der Waals surface area (Å²) in [6.45, 7) is 6.96. The molecule has 0 saturated carbocycles.